The summed E-state index contributed by atoms with van der Waals surface area (Å²) in [6.45, 7) is 9.38. The van der Waals surface area contributed by atoms with Crippen molar-refractivity contribution in [3.8, 4) is 0 Å². The predicted molar refractivity (Wildman–Crippen MR) is 175 cm³/mol. The minimum Gasteiger partial charge on any atom is -0.234 e. The van der Waals surface area contributed by atoms with Crippen LogP contribution in [0.3, 0.4) is 0 Å². The lowest BCUT2D eigenvalue weighted by Gasteiger charge is -2.07. The van der Waals surface area contributed by atoms with Crippen molar-refractivity contribution < 1.29 is 4.57 Å². The van der Waals surface area contributed by atoms with Gasteiger partial charge in [-0.1, -0.05) is 168 Å². The molecule has 0 saturated carbocycles. The zero-order valence-electron chi connectivity index (χ0n) is 27.5. The Morgan fingerprint density at radius 1 is 0.436 bits per heavy atom. The second kappa shape index (κ2) is 28.7. The fraction of sp³-hybridized carbons (Fsp3) is 0.919. The Balaban J connectivity index is 2.17. The highest BCUT2D eigenvalue weighted by molar-refractivity contribution is 4.84. The van der Waals surface area contributed by atoms with Crippen molar-refractivity contribution in [2.75, 3.05) is 0 Å². The summed E-state index contributed by atoms with van der Waals surface area (Å²) in [5.41, 5.74) is 0. The Bertz CT molecular complexity index is 605. The fourth-order valence-electron chi connectivity index (χ4n) is 6.15. The Morgan fingerprint density at radius 3 is 1.23 bits per heavy atom. The maximum absolute atomic E-state index is 2.61. The Morgan fingerprint density at radius 2 is 0.795 bits per heavy atom. The van der Waals surface area contributed by atoms with Crippen LogP contribution in [0.25, 0.3) is 0 Å². The largest absolute Gasteiger partial charge is 0.256 e. The van der Waals surface area contributed by atoms with Crippen LogP contribution in [-0.2, 0) is 19.5 Å². The van der Waals surface area contributed by atoms with Crippen molar-refractivity contribution in [1.82, 2.24) is 4.57 Å². The van der Waals surface area contributed by atoms with Gasteiger partial charge >= 0.3 is 0 Å². The fourth-order valence-corrected chi connectivity index (χ4v) is 6.15. The first-order valence-corrected chi connectivity index (χ1v) is 18.4. The van der Waals surface area contributed by atoms with E-state index in [9.17, 15) is 0 Å². The molecule has 0 saturated heterocycles. The molecule has 0 radical (unpaired) electrons. The molecular weight excluding hydrogens is 472 g/mol. The van der Waals surface area contributed by atoms with Gasteiger partial charge in [-0.15, -0.1) is 0 Å². The second-order valence-corrected chi connectivity index (χ2v) is 12.7. The number of hydrogen-bond acceptors (Lipinski definition) is 0. The third-order valence-corrected chi connectivity index (χ3v) is 8.85. The lowest BCUT2D eigenvalue weighted by Crippen LogP contribution is -2.37. The van der Waals surface area contributed by atoms with Gasteiger partial charge in [0.1, 0.15) is 12.4 Å². The highest BCUT2D eigenvalue weighted by atomic mass is 15.1. The van der Waals surface area contributed by atoms with Gasteiger partial charge in [0.15, 0.2) is 0 Å². The van der Waals surface area contributed by atoms with Crippen LogP contribution in [0.1, 0.15) is 206 Å². The van der Waals surface area contributed by atoms with Gasteiger partial charge in [0.2, 0.25) is 0 Å². The van der Waals surface area contributed by atoms with Crippen molar-refractivity contribution in [2.45, 2.75) is 220 Å². The summed E-state index contributed by atoms with van der Waals surface area (Å²) in [5.74, 6) is 1.61. The number of hydrogen-bond donors (Lipinski definition) is 0. The molecule has 0 amide bonds. The number of imidazole rings is 1. The zero-order chi connectivity index (χ0) is 28.1. The summed E-state index contributed by atoms with van der Waals surface area (Å²) < 4.78 is 5.21. The summed E-state index contributed by atoms with van der Waals surface area (Å²) in [4.78, 5) is 0. The normalized spacial score (nSPS) is 11.6. The molecule has 39 heavy (non-hydrogen) atoms. The SMILES string of the molecule is CCCCCCCCCCCCCCCc1n(CCCCCCCCCCCCCC)cc[n+]1CCCCC. The van der Waals surface area contributed by atoms with Crippen LogP contribution in [0.5, 0.6) is 0 Å². The molecule has 1 rings (SSSR count). The molecule has 0 atom stereocenters. The Kier molecular flexibility index (Phi) is 26.7. The van der Waals surface area contributed by atoms with Gasteiger partial charge in [-0.25, -0.2) is 9.13 Å². The third-order valence-electron chi connectivity index (χ3n) is 8.85. The van der Waals surface area contributed by atoms with E-state index < -0.39 is 0 Å². The number of aromatic nitrogens is 2. The van der Waals surface area contributed by atoms with Crippen LogP contribution >= 0.6 is 0 Å². The van der Waals surface area contributed by atoms with E-state index in [1.165, 1.54) is 199 Å². The number of aryl methyl sites for hydroxylation is 2. The van der Waals surface area contributed by atoms with E-state index in [1.54, 1.807) is 5.82 Å². The molecule has 0 aliphatic carbocycles. The van der Waals surface area contributed by atoms with Crippen molar-refractivity contribution in [2.24, 2.45) is 0 Å². The van der Waals surface area contributed by atoms with Crippen LogP contribution < -0.4 is 4.57 Å². The molecule has 0 spiro atoms. The molecule has 1 aromatic rings. The highest BCUT2D eigenvalue weighted by Crippen LogP contribution is 2.15. The average molecular weight is 546 g/mol. The van der Waals surface area contributed by atoms with E-state index in [0.29, 0.717) is 0 Å². The molecule has 0 aliphatic heterocycles. The second-order valence-electron chi connectivity index (χ2n) is 12.7. The van der Waals surface area contributed by atoms with E-state index in [1.807, 2.05) is 0 Å². The van der Waals surface area contributed by atoms with E-state index >= 15 is 0 Å². The van der Waals surface area contributed by atoms with E-state index in [0.717, 1.165) is 0 Å². The molecule has 1 heterocycles. The van der Waals surface area contributed by atoms with Gasteiger partial charge in [-0.05, 0) is 32.1 Å². The lowest BCUT2D eigenvalue weighted by atomic mass is 10.0. The van der Waals surface area contributed by atoms with Crippen molar-refractivity contribution in [1.29, 1.82) is 0 Å². The Labute approximate surface area is 247 Å². The summed E-state index contributed by atoms with van der Waals surface area (Å²) in [5, 5.41) is 0. The topological polar surface area (TPSA) is 8.81 Å². The first-order valence-electron chi connectivity index (χ1n) is 18.4. The first kappa shape index (κ1) is 36.2. The molecule has 2 heteroatoms. The summed E-state index contributed by atoms with van der Waals surface area (Å²) >= 11 is 0. The first-order chi connectivity index (χ1) is 19.3. The molecule has 0 unspecified atom stereocenters. The molecule has 1 aromatic heterocycles. The lowest BCUT2D eigenvalue weighted by molar-refractivity contribution is -0.704. The molecular formula is C37H73N2+. The van der Waals surface area contributed by atoms with Crippen molar-refractivity contribution in [3.05, 3.63) is 18.2 Å². The van der Waals surface area contributed by atoms with Crippen LogP contribution in [0.2, 0.25) is 0 Å². The van der Waals surface area contributed by atoms with Crippen molar-refractivity contribution >= 4 is 0 Å². The summed E-state index contributed by atoms with van der Waals surface area (Å²) in [6.07, 6.45) is 46.0. The van der Waals surface area contributed by atoms with Crippen LogP contribution in [0, 0.1) is 0 Å². The predicted octanol–water partition coefficient (Wildman–Crippen LogP) is 12.3. The molecule has 2 nitrogen and oxygen atoms in total. The third kappa shape index (κ3) is 21.6. The maximum Gasteiger partial charge on any atom is 0.256 e. The molecule has 0 fully saturated rings. The van der Waals surface area contributed by atoms with Gasteiger partial charge in [-0.2, -0.15) is 0 Å². The summed E-state index contributed by atoms with van der Waals surface area (Å²) in [7, 11) is 0. The quantitative estimate of drug-likeness (QED) is 0.0648. The average Bonchev–Trinajstić information content (AvgIpc) is 3.33. The van der Waals surface area contributed by atoms with Gasteiger partial charge in [-0.3, -0.25) is 0 Å². The molecule has 0 N–H and O–H groups in total. The maximum atomic E-state index is 2.61. The number of nitrogens with zero attached hydrogens (tertiary/aromatic N) is 2. The minimum absolute atomic E-state index is 1.22. The number of rotatable bonds is 31. The smallest absolute Gasteiger partial charge is 0.234 e. The monoisotopic (exact) mass is 546 g/mol. The van der Waals surface area contributed by atoms with E-state index in [2.05, 4.69) is 42.3 Å². The van der Waals surface area contributed by atoms with E-state index in [4.69, 9.17) is 0 Å². The Hall–Kier alpha value is -0.790. The van der Waals surface area contributed by atoms with Gasteiger partial charge < -0.3 is 0 Å². The zero-order valence-corrected chi connectivity index (χ0v) is 27.5. The van der Waals surface area contributed by atoms with Crippen molar-refractivity contribution in [3.63, 3.8) is 0 Å². The molecule has 0 aliphatic rings. The van der Waals surface area contributed by atoms with Gasteiger partial charge in [0.05, 0.1) is 13.1 Å². The molecule has 0 bridgehead atoms. The van der Waals surface area contributed by atoms with Gasteiger partial charge in [0, 0.05) is 6.42 Å². The highest BCUT2D eigenvalue weighted by Gasteiger charge is 2.16. The minimum atomic E-state index is 1.22. The van der Waals surface area contributed by atoms with Crippen LogP contribution in [0.15, 0.2) is 12.4 Å². The number of unbranched alkanes of at least 4 members (excludes halogenated alkanes) is 25. The van der Waals surface area contributed by atoms with E-state index in [-0.39, 0.29) is 0 Å². The van der Waals surface area contributed by atoms with Gasteiger partial charge in [0.25, 0.3) is 5.82 Å². The van der Waals surface area contributed by atoms with Crippen LogP contribution in [0.4, 0.5) is 0 Å². The molecule has 230 valence electrons. The van der Waals surface area contributed by atoms with Crippen LogP contribution in [-0.4, -0.2) is 4.57 Å². The molecule has 0 aromatic carbocycles. The summed E-state index contributed by atoms with van der Waals surface area (Å²) in [6, 6.07) is 0. The standard InChI is InChI=1S/C37H73N2/c1-4-7-10-12-14-16-18-20-21-23-25-27-29-32-37-38(33-30-9-6-3)35-36-39(37)34-31-28-26-24-22-19-17-15-13-11-8-5-2/h35-36H,4-34H2,1-3H3/q+1.